The van der Waals surface area contributed by atoms with E-state index in [-0.39, 0.29) is 30.0 Å². The number of aliphatic hydroxyl groups excluding tert-OH is 1. The minimum atomic E-state index is -0.124. The van der Waals surface area contributed by atoms with E-state index in [1.807, 2.05) is 41.3 Å². The van der Waals surface area contributed by atoms with Gasteiger partial charge in [-0.15, -0.1) is 0 Å². The number of carbonyl (C=O) groups excluding carboxylic acids is 1. The van der Waals surface area contributed by atoms with E-state index in [0.29, 0.717) is 19.6 Å². The van der Waals surface area contributed by atoms with Crippen molar-refractivity contribution < 1.29 is 14.6 Å². The van der Waals surface area contributed by atoms with E-state index >= 15 is 0 Å². The van der Waals surface area contributed by atoms with Crippen LogP contribution < -0.4 is 4.74 Å². The van der Waals surface area contributed by atoms with Gasteiger partial charge in [0.25, 0.3) is 0 Å². The van der Waals surface area contributed by atoms with Crippen LogP contribution in [-0.4, -0.2) is 59.2 Å². The first-order chi connectivity index (χ1) is 13.1. The largest absolute Gasteiger partial charge is 0.496 e. The van der Waals surface area contributed by atoms with Crippen molar-refractivity contribution in [2.45, 2.75) is 31.0 Å². The molecular weight excluding hydrogens is 340 g/mol. The van der Waals surface area contributed by atoms with Gasteiger partial charge in [0, 0.05) is 44.1 Å². The summed E-state index contributed by atoms with van der Waals surface area (Å²) in [7, 11) is 1.68. The Morgan fingerprint density at radius 1 is 1.15 bits per heavy atom. The van der Waals surface area contributed by atoms with Gasteiger partial charge in [0.1, 0.15) is 5.75 Å². The van der Waals surface area contributed by atoms with Gasteiger partial charge in [0.15, 0.2) is 0 Å². The molecule has 0 unspecified atom stereocenters. The molecule has 2 heterocycles. The maximum absolute atomic E-state index is 11.9. The van der Waals surface area contributed by atoms with Gasteiger partial charge in [0.05, 0.1) is 19.3 Å². The number of para-hydroxylation sites is 1. The number of carbonyl (C=O) groups is 1. The maximum Gasteiger partial charge on any atom is 0.219 e. The average molecular weight is 366 g/mol. The molecule has 2 fully saturated rings. The number of amides is 1. The third-order valence-electron chi connectivity index (χ3n) is 6.19. The Kier molecular flexibility index (Phi) is 4.66. The highest BCUT2D eigenvalue weighted by molar-refractivity contribution is 5.75. The van der Waals surface area contributed by atoms with Crippen molar-refractivity contribution in [1.82, 2.24) is 9.80 Å². The Labute approximate surface area is 160 Å². The fourth-order valence-corrected chi connectivity index (χ4v) is 4.87. The zero-order chi connectivity index (χ0) is 19.0. The molecule has 0 saturated carbocycles. The van der Waals surface area contributed by atoms with Crippen LogP contribution in [0.4, 0.5) is 0 Å². The van der Waals surface area contributed by atoms with Crippen molar-refractivity contribution in [2.24, 2.45) is 0 Å². The first-order valence-electron chi connectivity index (χ1n) is 9.40. The second kappa shape index (κ2) is 6.98. The lowest BCUT2D eigenvalue weighted by Gasteiger charge is -2.70. The number of methoxy groups -OCH3 is 1. The Morgan fingerprint density at radius 3 is 2.44 bits per heavy atom. The molecule has 5 heteroatoms. The monoisotopic (exact) mass is 366 g/mol. The van der Waals surface area contributed by atoms with Gasteiger partial charge in [0.2, 0.25) is 5.91 Å². The lowest BCUT2D eigenvalue weighted by Crippen LogP contribution is -2.84. The van der Waals surface area contributed by atoms with Crippen molar-refractivity contribution in [3.05, 3.63) is 65.7 Å². The fourth-order valence-electron chi connectivity index (χ4n) is 4.87. The molecule has 0 radical (unpaired) electrons. The fraction of sp³-hybridized carbons (Fsp3) is 0.409. The zero-order valence-electron chi connectivity index (χ0n) is 15.8. The number of benzene rings is 2. The summed E-state index contributed by atoms with van der Waals surface area (Å²) in [4.78, 5) is 16.1. The molecule has 0 aromatic heterocycles. The van der Waals surface area contributed by atoms with Gasteiger partial charge in [-0.2, -0.15) is 0 Å². The summed E-state index contributed by atoms with van der Waals surface area (Å²) < 4.78 is 5.52. The van der Waals surface area contributed by atoms with E-state index in [1.54, 1.807) is 14.0 Å². The number of aliphatic hydroxyl groups is 1. The number of likely N-dealkylation sites (tertiary alicyclic amines) is 2. The van der Waals surface area contributed by atoms with Crippen LogP contribution in [0.3, 0.4) is 0 Å². The summed E-state index contributed by atoms with van der Waals surface area (Å²) in [5, 5.41) is 10.2. The second-order valence-corrected chi connectivity index (χ2v) is 7.56. The minimum absolute atomic E-state index is 0.0337. The summed E-state index contributed by atoms with van der Waals surface area (Å²) in [5.41, 5.74) is 2.21. The van der Waals surface area contributed by atoms with E-state index in [2.05, 4.69) is 23.1 Å². The number of ether oxygens (including phenoxy) is 1. The zero-order valence-corrected chi connectivity index (χ0v) is 15.8. The molecular formula is C22H26N2O3. The van der Waals surface area contributed by atoms with Gasteiger partial charge in [-0.3, -0.25) is 9.69 Å². The summed E-state index contributed by atoms with van der Waals surface area (Å²) in [5.74, 6) is 1.18. The Bertz CT molecular complexity index is 817. The van der Waals surface area contributed by atoms with Crippen molar-refractivity contribution in [1.29, 1.82) is 0 Å². The number of hydrogen-bond donors (Lipinski definition) is 1. The summed E-state index contributed by atoms with van der Waals surface area (Å²) in [6.07, 6.45) is 0. The highest BCUT2D eigenvalue weighted by Gasteiger charge is 2.65. The second-order valence-electron chi connectivity index (χ2n) is 7.56. The smallest absolute Gasteiger partial charge is 0.219 e. The van der Waals surface area contributed by atoms with Crippen LogP contribution >= 0.6 is 0 Å². The van der Waals surface area contributed by atoms with Crippen LogP contribution in [0.2, 0.25) is 0 Å². The van der Waals surface area contributed by atoms with Crippen LogP contribution in [0.5, 0.6) is 5.75 Å². The van der Waals surface area contributed by atoms with Gasteiger partial charge in [-0.1, -0.05) is 48.5 Å². The third kappa shape index (κ3) is 2.82. The van der Waals surface area contributed by atoms with E-state index in [0.717, 1.165) is 11.3 Å². The molecule has 2 aliphatic rings. The highest BCUT2D eigenvalue weighted by Crippen LogP contribution is 2.54. The van der Waals surface area contributed by atoms with Gasteiger partial charge >= 0.3 is 0 Å². The molecule has 2 atom stereocenters. The first-order valence-corrected chi connectivity index (χ1v) is 9.40. The molecule has 1 N–H and O–H groups in total. The third-order valence-corrected chi connectivity index (χ3v) is 6.19. The van der Waals surface area contributed by atoms with Crippen molar-refractivity contribution in [3.63, 3.8) is 0 Å². The van der Waals surface area contributed by atoms with Crippen LogP contribution in [0.15, 0.2) is 54.6 Å². The van der Waals surface area contributed by atoms with Crippen LogP contribution in [0.25, 0.3) is 0 Å². The lowest BCUT2D eigenvalue weighted by atomic mass is 9.60. The van der Waals surface area contributed by atoms with Crippen molar-refractivity contribution in [3.8, 4) is 5.75 Å². The first kappa shape index (κ1) is 18.0. The summed E-state index contributed by atoms with van der Waals surface area (Å²) >= 11 is 0. The molecule has 1 spiro atoms. The standard InChI is InChI=1S/C22H26N2O3/c1-16(26)23-14-22(15-23)21(17-8-4-3-5-9-17)19(13-25)24(22)12-18-10-6-7-11-20(18)27-2/h3-11,19,21,25H,12-15H2,1-2H3/t19-,21-/m0/s1. The quantitative estimate of drug-likeness (QED) is 0.882. The number of hydrogen-bond acceptors (Lipinski definition) is 4. The molecule has 2 saturated heterocycles. The van der Waals surface area contributed by atoms with Crippen LogP contribution in [-0.2, 0) is 11.3 Å². The van der Waals surface area contributed by atoms with Gasteiger partial charge in [-0.05, 0) is 11.6 Å². The predicted molar refractivity (Wildman–Crippen MR) is 104 cm³/mol. The predicted octanol–water partition coefficient (Wildman–Crippen LogP) is 2.26. The molecule has 2 aromatic rings. The van der Waals surface area contributed by atoms with Crippen LogP contribution in [0.1, 0.15) is 24.0 Å². The van der Waals surface area contributed by atoms with E-state index < -0.39 is 0 Å². The summed E-state index contributed by atoms with van der Waals surface area (Å²) in [6.45, 7) is 3.82. The Hall–Kier alpha value is -2.37. The Balaban J connectivity index is 1.66. The van der Waals surface area contributed by atoms with Crippen LogP contribution in [0, 0.1) is 0 Å². The highest BCUT2D eigenvalue weighted by atomic mass is 16.5. The molecule has 5 nitrogen and oxygen atoms in total. The average Bonchev–Trinajstić information content (AvgIpc) is 2.64. The molecule has 142 valence electrons. The molecule has 1 amide bonds. The minimum Gasteiger partial charge on any atom is -0.496 e. The summed E-state index contributed by atoms with van der Waals surface area (Å²) in [6, 6.07) is 18.4. The van der Waals surface area contributed by atoms with Crippen molar-refractivity contribution >= 4 is 5.91 Å². The molecule has 4 rings (SSSR count). The van der Waals surface area contributed by atoms with E-state index in [9.17, 15) is 9.90 Å². The van der Waals surface area contributed by atoms with Gasteiger partial charge in [-0.25, -0.2) is 0 Å². The normalized spacial score (nSPS) is 23.6. The molecule has 2 aliphatic heterocycles. The molecule has 0 aliphatic carbocycles. The number of rotatable bonds is 5. The van der Waals surface area contributed by atoms with E-state index in [1.165, 1.54) is 5.56 Å². The topological polar surface area (TPSA) is 53.0 Å². The SMILES string of the molecule is COc1ccccc1CN1[C@@H](CO)[C@H](c2ccccc2)C12CN(C(C)=O)C2. The maximum atomic E-state index is 11.9. The Morgan fingerprint density at radius 2 is 1.81 bits per heavy atom. The molecule has 2 aromatic carbocycles. The van der Waals surface area contributed by atoms with E-state index in [4.69, 9.17) is 4.74 Å². The lowest BCUT2D eigenvalue weighted by molar-refractivity contribution is -0.199. The van der Waals surface area contributed by atoms with Gasteiger partial charge < -0.3 is 14.7 Å². The molecule has 27 heavy (non-hydrogen) atoms. The van der Waals surface area contributed by atoms with Crippen molar-refractivity contribution in [2.75, 3.05) is 26.8 Å². The number of nitrogens with zero attached hydrogens (tertiary/aromatic N) is 2. The molecule has 0 bridgehead atoms.